The van der Waals surface area contributed by atoms with Crippen LogP contribution >= 0.6 is 0 Å². The summed E-state index contributed by atoms with van der Waals surface area (Å²) in [6, 6.07) is 28.7. The minimum absolute atomic E-state index is 0.0577. The number of Topliss-reactive ketones (excluding diaryl/α,β-unsaturated/α-hetero) is 1. The number of hydrogen-bond donors (Lipinski definition) is 0. The van der Waals surface area contributed by atoms with Crippen LogP contribution in [0.4, 0.5) is 0 Å². The van der Waals surface area contributed by atoms with Gasteiger partial charge < -0.3 is 0 Å². The van der Waals surface area contributed by atoms with Gasteiger partial charge in [0.15, 0.2) is 5.78 Å². The number of carbonyl (C=O) groups excluding carboxylic acids is 1. The predicted octanol–water partition coefficient (Wildman–Crippen LogP) is 5.76. The molecule has 27 heavy (non-hydrogen) atoms. The Labute approximate surface area is 161 Å². The Balaban J connectivity index is 1.62. The van der Waals surface area contributed by atoms with E-state index in [1.807, 2.05) is 36.4 Å². The molecule has 0 N–H and O–H groups in total. The Morgan fingerprint density at radius 1 is 0.741 bits per heavy atom. The average molecular weight is 355 g/mol. The predicted molar refractivity (Wildman–Crippen MR) is 111 cm³/mol. The standard InChI is InChI=1S/C25H25NO/c1-25(2,3)26-22(23(26)24(27)21-12-8-5-9-13-21)20-16-14-19(15-17-20)18-10-6-4-7-11-18/h4-17,22-23H,1-3H3/t22-,23-,26?/m0/s1. The van der Waals surface area contributed by atoms with Crippen molar-refractivity contribution in [1.29, 1.82) is 0 Å². The fraction of sp³-hybridized carbons (Fsp3) is 0.240. The van der Waals surface area contributed by atoms with Crippen LogP contribution < -0.4 is 0 Å². The zero-order valence-electron chi connectivity index (χ0n) is 16.1. The molecular weight excluding hydrogens is 330 g/mol. The fourth-order valence-electron chi connectivity index (χ4n) is 3.95. The van der Waals surface area contributed by atoms with Crippen LogP contribution in [0.1, 0.15) is 42.7 Å². The lowest BCUT2D eigenvalue weighted by Crippen LogP contribution is -2.30. The molecule has 0 bridgehead atoms. The van der Waals surface area contributed by atoms with E-state index < -0.39 is 0 Å². The van der Waals surface area contributed by atoms with Crippen molar-refractivity contribution in [3.8, 4) is 11.1 Å². The SMILES string of the molecule is CC(C)(C)N1[C@H](C(=O)c2ccccc2)[C@@H]1c1ccc(-c2ccccc2)cc1. The summed E-state index contributed by atoms with van der Waals surface area (Å²) in [5.74, 6) is 0.211. The summed E-state index contributed by atoms with van der Waals surface area (Å²) in [7, 11) is 0. The molecule has 0 spiro atoms. The van der Waals surface area contributed by atoms with Gasteiger partial charge in [0, 0.05) is 11.1 Å². The number of hydrogen-bond acceptors (Lipinski definition) is 2. The molecule has 1 saturated heterocycles. The van der Waals surface area contributed by atoms with Crippen molar-refractivity contribution >= 4 is 5.78 Å². The summed E-state index contributed by atoms with van der Waals surface area (Å²) < 4.78 is 0. The molecule has 3 aromatic carbocycles. The van der Waals surface area contributed by atoms with Crippen molar-refractivity contribution in [2.45, 2.75) is 38.4 Å². The quantitative estimate of drug-likeness (QED) is 0.438. The van der Waals surface area contributed by atoms with E-state index >= 15 is 0 Å². The minimum atomic E-state index is -0.0880. The summed E-state index contributed by atoms with van der Waals surface area (Å²) in [6.07, 6.45) is 0. The summed E-state index contributed by atoms with van der Waals surface area (Å²) in [6.45, 7) is 6.53. The van der Waals surface area contributed by atoms with Gasteiger partial charge in [0.2, 0.25) is 0 Å². The highest BCUT2D eigenvalue weighted by Crippen LogP contribution is 2.50. The van der Waals surface area contributed by atoms with Crippen molar-refractivity contribution in [3.05, 3.63) is 96.1 Å². The van der Waals surface area contributed by atoms with E-state index in [0.717, 1.165) is 5.56 Å². The van der Waals surface area contributed by atoms with E-state index in [4.69, 9.17) is 0 Å². The van der Waals surface area contributed by atoms with E-state index in [9.17, 15) is 4.79 Å². The summed E-state index contributed by atoms with van der Waals surface area (Å²) in [5, 5.41) is 0. The topological polar surface area (TPSA) is 20.1 Å². The highest BCUT2D eigenvalue weighted by atomic mass is 16.1. The van der Waals surface area contributed by atoms with E-state index in [1.165, 1.54) is 16.7 Å². The molecule has 0 amide bonds. The molecule has 0 aliphatic carbocycles. The highest BCUT2D eigenvalue weighted by molar-refractivity contribution is 6.02. The third-order valence-electron chi connectivity index (χ3n) is 5.27. The van der Waals surface area contributed by atoms with Crippen LogP contribution in [-0.4, -0.2) is 22.3 Å². The molecule has 1 aliphatic rings. The molecule has 3 aromatic rings. The van der Waals surface area contributed by atoms with E-state index in [-0.39, 0.29) is 23.4 Å². The first kappa shape index (κ1) is 17.7. The van der Waals surface area contributed by atoms with Gasteiger partial charge in [-0.2, -0.15) is 0 Å². The molecule has 0 radical (unpaired) electrons. The van der Waals surface area contributed by atoms with Gasteiger partial charge in [-0.3, -0.25) is 9.69 Å². The van der Waals surface area contributed by atoms with Gasteiger partial charge in [0.05, 0.1) is 12.1 Å². The molecular formula is C25H25NO. The molecule has 136 valence electrons. The molecule has 1 aliphatic heterocycles. The van der Waals surface area contributed by atoms with Crippen LogP contribution in [0.15, 0.2) is 84.9 Å². The van der Waals surface area contributed by atoms with Gasteiger partial charge in [-0.05, 0) is 37.5 Å². The summed E-state index contributed by atoms with van der Waals surface area (Å²) >= 11 is 0. The van der Waals surface area contributed by atoms with Gasteiger partial charge in [-0.25, -0.2) is 0 Å². The van der Waals surface area contributed by atoms with E-state index in [2.05, 4.69) is 74.2 Å². The molecule has 3 atom stereocenters. The van der Waals surface area contributed by atoms with E-state index in [1.54, 1.807) is 0 Å². The highest BCUT2D eigenvalue weighted by Gasteiger charge is 2.57. The number of ketones is 1. The first-order valence-corrected chi connectivity index (χ1v) is 9.50. The summed E-state index contributed by atoms with van der Waals surface area (Å²) in [5.41, 5.74) is 4.36. The van der Waals surface area contributed by atoms with Crippen molar-refractivity contribution in [2.75, 3.05) is 0 Å². The molecule has 4 rings (SSSR count). The van der Waals surface area contributed by atoms with Gasteiger partial charge in [-0.1, -0.05) is 84.9 Å². The maximum atomic E-state index is 13.1. The largest absolute Gasteiger partial charge is 0.292 e. The smallest absolute Gasteiger partial charge is 0.181 e. The second kappa shape index (κ2) is 6.79. The van der Waals surface area contributed by atoms with E-state index in [0.29, 0.717) is 0 Å². The maximum absolute atomic E-state index is 13.1. The van der Waals surface area contributed by atoms with Crippen molar-refractivity contribution in [2.24, 2.45) is 0 Å². The van der Waals surface area contributed by atoms with Crippen LogP contribution in [0.2, 0.25) is 0 Å². The number of carbonyl (C=O) groups is 1. The maximum Gasteiger partial charge on any atom is 0.181 e. The average Bonchev–Trinajstić information content (AvgIpc) is 3.45. The number of rotatable bonds is 4. The normalized spacial score (nSPS) is 21.7. The summed E-state index contributed by atoms with van der Waals surface area (Å²) in [4.78, 5) is 15.4. The van der Waals surface area contributed by atoms with Crippen LogP contribution in [0.5, 0.6) is 0 Å². The van der Waals surface area contributed by atoms with Gasteiger partial charge in [0.25, 0.3) is 0 Å². The van der Waals surface area contributed by atoms with Crippen LogP contribution in [-0.2, 0) is 0 Å². The lowest BCUT2D eigenvalue weighted by Gasteiger charge is -2.22. The molecule has 0 aromatic heterocycles. The Bertz CT molecular complexity index is 924. The molecule has 1 heterocycles. The lowest BCUT2D eigenvalue weighted by molar-refractivity contribution is 0.0957. The van der Waals surface area contributed by atoms with Crippen molar-refractivity contribution in [3.63, 3.8) is 0 Å². The monoisotopic (exact) mass is 355 g/mol. The third-order valence-corrected chi connectivity index (χ3v) is 5.27. The first-order chi connectivity index (χ1) is 13.0. The molecule has 1 fully saturated rings. The Morgan fingerprint density at radius 2 is 1.26 bits per heavy atom. The minimum Gasteiger partial charge on any atom is -0.292 e. The Morgan fingerprint density at radius 3 is 1.81 bits per heavy atom. The van der Waals surface area contributed by atoms with Crippen LogP contribution in [0, 0.1) is 0 Å². The number of nitrogens with zero attached hydrogens (tertiary/aromatic N) is 1. The van der Waals surface area contributed by atoms with Gasteiger partial charge in [-0.15, -0.1) is 0 Å². The van der Waals surface area contributed by atoms with Crippen molar-refractivity contribution in [1.82, 2.24) is 4.90 Å². The van der Waals surface area contributed by atoms with Gasteiger partial charge >= 0.3 is 0 Å². The first-order valence-electron chi connectivity index (χ1n) is 9.50. The third kappa shape index (κ3) is 3.45. The molecule has 1 unspecified atom stereocenters. The molecule has 0 saturated carbocycles. The van der Waals surface area contributed by atoms with Crippen LogP contribution in [0.25, 0.3) is 11.1 Å². The van der Waals surface area contributed by atoms with Crippen LogP contribution in [0.3, 0.4) is 0 Å². The molecule has 2 nitrogen and oxygen atoms in total. The zero-order chi connectivity index (χ0) is 19.0. The Hall–Kier alpha value is -2.71. The number of benzene rings is 3. The molecule has 2 heteroatoms. The second-order valence-corrected chi connectivity index (χ2v) is 8.19. The lowest BCUT2D eigenvalue weighted by atomic mass is 10.00. The van der Waals surface area contributed by atoms with Crippen molar-refractivity contribution < 1.29 is 4.79 Å². The fourth-order valence-corrected chi connectivity index (χ4v) is 3.95. The second-order valence-electron chi connectivity index (χ2n) is 8.19. The zero-order valence-corrected chi connectivity index (χ0v) is 16.1. The van der Waals surface area contributed by atoms with Gasteiger partial charge in [0.1, 0.15) is 0 Å². The Kier molecular flexibility index (Phi) is 4.45.